The van der Waals surface area contributed by atoms with Crippen molar-refractivity contribution in [1.82, 2.24) is 4.57 Å². The van der Waals surface area contributed by atoms with Crippen LogP contribution in [0, 0.1) is 0 Å². The molecule has 4 heterocycles. The molecule has 0 N–H and O–H groups in total. The highest BCUT2D eigenvalue weighted by Gasteiger charge is 2.20. The molecule has 4 aromatic heterocycles. The van der Waals surface area contributed by atoms with Gasteiger partial charge in [0.15, 0.2) is 0 Å². The summed E-state index contributed by atoms with van der Waals surface area (Å²) in [6.45, 7) is 0. The van der Waals surface area contributed by atoms with Crippen molar-refractivity contribution in [2.45, 2.75) is 0 Å². The Balaban J connectivity index is 1.19. The highest BCUT2D eigenvalue weighted by atomic mass is 32.1. The van der Waals surface area contributed by atoms with E-state index in [2.05, 4.69) is 138 Å². The standard InChI is InChI=1S/C42H23NOS2/c1-4-15-32-28(9-1)40-33(20-21-35-41(40)29-10-2-5-16-34(29)44-35)43(32)24-19-22-37-31(23-24)27-14-7-13-26(42(27)46-37)25-12-8-18-38-39(25)30-11-3-6-17-36(30)45-38/h1-23H. The lowest BCUT2D eigenvalue weighted by Crippen LogP contribution is -1.93. The van der Waals surface area contributed by atoms with Crippen molar-refractivity contribution in [2.75, 3.05) is 0 Å². The molecule has 0 spiro atoms. The van der Waals surface area contributed by atoms with Crippen molar-refractivity contribution in [3.63, 3.8) is 0 Å². The van der Waals surface area contributed by atoms with Gasteiger partial charge in [-0.1, -0.05) is 84.9 Å². The van der Waals surface area contributed by atoms with Gasteiger partial charge in [-0.15, -0.1) is 22.7 Å². The van der Waals surface area contributed by atoms with Crippen LogP contribution in [0.4, 0.5) is 0 Å². The second-order valence-electron chi connectivity index (χ2n) is 12.0. The summed E-state index contributed by atoms with van der Waals surface area (Å²) in [5.74, 6) is 0. The number of thiophene rings is 2. The summed E-state index contributed by atoms with van der Waals surface area (Å²) in [6, 6.07) is 50.9. The van der Waals surface area contributed by atoms with Crippen LogP contribution in [-0.2, 0) is 0 Å². The lowest BCUT2D eigenvalue weighted by molar-refractivity contribution is 0.669. The molecule has 2 nitrogen and oxygen atoms in total. The molecule has 11 aromatic rings. The lowest BCUT2D eigenvalue weighted by Gasteiger charge is -2.09. The van der Waals surface area contributed by atoms with Crippen LogP contribution in [0.1, 0.15) is 0 Å². The van der Waals surface area contributed by atoms with Crippen molar-refractivity contribution >= 4 is 107 Å². The lowest BCUT2D eigenvalue weighted by atomic mass is 9.98. The SMILES string of the molecule is c1ccc2c(c1)oc1ccc3c(c4ccccc4n3-c3ccc4sc5c(-c6cccc7sc8ccccc8c67)cccc5c4c3)c12. The fourth-order valence-electron chi connectivity index (χ4n) is 7.69. The molecule has 0 radical (unpaired) electrons. The highest BCUT2D eigenvalue weighted by Crippen LogP contribution is 2.46. The maximum atomic E-state index is 6.31. The van der Waals surface area contributed by atoms with Gasteiger partial charge < -0.3 is 8.98 Å². The summed E-state index contributed by atoms with van der Waals surface area (Å²) in [5, 5.41) is 10.1. The van der Waals surface area contributed by atoms with Gasteiger partial charge >= 0.3 is 0 Å². The van der Waals surface area contributed by atoms with E-state index in [1.165, 1.54) is 84.4 Å². The number of rotatable bonds is 2. The molecule has 0 saturated carbocycles. The monoisotopic (exact) mass is 621 g/mol. The average molecular weight is 622 g/mol. The highest BCUT2D eigenvalue weighted by molar-refractivity contribution is 7.26. The molecule has 0 atom stereocenters. The van der Waals surface area contributed by atoms with E-state index in [0.717, 1.165) is 16.6 Å². The first-order valence-corrected chi connectivity index (χ1v) is 17.1. The maximum Gasteiger partial charge on any atom is 0.136 e. The molecule has 4 heteroatoms. The van der Waals surface area contributed by atoms with Gasteiger partial charge in [0.2, 0.25) is 0 Å². The molecule has 11 rings (SSSR count). The van der Waals surface area contributed by atoms with Gasteiger partial charge in [-0.3, -0.25) is 0 Å². The van der Waals surface area contributed by atoms with Gasteiger partial charge in [0, 0.05) is 73.1 Å². The molecule has 0 amide bonds. The molecule has 214 valence electrons. The third kappa shape index (κ3) is 3.24. The van der Waals surface area contributed by atoms with Crippen LogP contribution >= 0.6 is 22.7 Å². The number of fused-ring (bicyclic) bond motifs is 13. The van der Waals surface area contributed by atoms with Crippen LogP contribution in [0.3, 0.4) is 0 Å². The van der Waals surface area contributed by atoms with Crippen LogP contribution in [0.5, 0.6) is 0 Å². The molecular formula is C42H23NOS2. The average Bonchev–Trinajstić information content (AvgIpc) is 3.86. The van der Waals surface area contributed by atoms with Crippen molar-refractivity contribution in [3.8, 4) is 16.8 Å². The van der Waals surface area contributed by atoms with Crippen LogP contribution in [0.25, 0.3) is 101 Å². The van der Waals surface area contributed by atoms with Crippen molar-refractivity contribution < 1.29 is 4.42 Å². The summed E-state index contributed by atoms with van der Waals surface area (Å²) in [5.41, 5.74) is 8.03. The number of benzene rings is 7. The molecule has 0 fully saturated rings. The van der Waals surface area contributed by atoms with Gasteiger partial charge in [-0.25, -0.2) is 0 Å². The zero-order valence-corrected chi connectivity index (χ0v) is 26.1. The van der Waals surface area contributed by atoms with Crippen LogP contribution in [0.15, 0.2) is 144 Å². The molecule has 7 aromatic carbocycles. The van der Waals surface area contributed by atoms with E-state index in [9.17, 15) is 0 Å². The first kappa shape index (κ1) is 24.8. The zero-order chi connectivity index (χ0) is 29.9. The van der Waals surface area contributed by atoms with Gasteiger partial charge in [-0.2, -0.15) is 0 Å². The predicted octanol–water partition coefficient (Wildman–Crippen LogP) is 13.1. The van der Waals surface area contributed by atoms with E-state index in [4.69, 9.17) is 4.42 Å². The Labute approximate surface area is 270 Å². The Morgan fingerprint density at radius 3 is 2.11 bits per heavy atom. The summed E-state index contributed by atoms with van der Waals surface area (Å²) in [6.07, 6.45) is 0. The third-order valence-corrected chi connectivity index (χ3v) is 12.0. The van der Waals surface area contributed by atoms with Gasteiger partial charge in [-0.05, 0) is 60.2 Å². The van der Waals surface area contributed by atoms with Crippen LogP contribution in [-0.4, -0.2) is 4.57 Å². The molecule has 0 aliphatic heterocycles. The van der Waals surface area contributed by atoms with Crippen LogP contribution < -0.4 is 0 Å². The van der Waals surface area contributed by atoms with Gasteiger partial charge in [0.05, 0.1) is 11.0 Å². The Hall–Kier alpha value is -5.42. The molecule has 46 heavy (non-hydrogen) atoms. The minimum Gasteiger partial charge on any atom is -0.456 e. The van der Waals surface area contributed by atoms with E-state index in [1.807, 2.05) is 28.7 Å². The molecule has 0 saturated heterocycles. The second kappa shape index (κ2) is 9.07. The van der Waals surface area contributed by atoms with Gasteiger partial charge in [0.25, 0.3) is 0 Å². The third-order valence-electron chi connectivity index (χ3n) is 9.61. The van der Waals surface area contributed by atoms with E-state index >= 15 is 0 Å². The normalized spacial score (nSPS) is 12.3. The second-order valence-corrected chi connectivity index (χ2v) is 14.2. The largest absolute Gasteiger partial charge is 0.456 e. The van der Waals surface area contributed by atoms with Crippen molar-refractivity contribution in [2.24, 2.45) is 0 Å². The Kier molecular flexibility index (Phi) is 4.90. The Morgan fingerprint density at radius 2 is 1.15 bits per heavy atom. The topological polar surface area (TPSA) is 18.1 Å². The summed E-state index contributed by atoms with van der Waals surface area (Å²) in [7, 11) is 0. The number of aromatic nitrogens is 1. The van der Waals surface area contributed by atoms with Crippen molar-refractivity contribution in [3.05, 3.63) is 140 Å². The molecule has 0 aliphatic carbocycles. The quantitative estimate of drug-likeness (QED) is 0.188. The summed E-state index contributed by atoms with van der Waals surface area (Å²) >= 11 is 3.78. The first-order valence-electron chi connectivity index (χ1n) is 15.5. The predicted molar refractivity (Wildman–Crippen MR) is 199 cm³/mol. The number of hydrogen-bond acceptors (Lipinski definition) is 3. The summed E-state index contributed by atoms with van der Waals surface area (Å²) in [4.78, 5) is 0. The van der Waals surface area contributed by atoms with E-state index in [-0.39, 0.29) is 0 Å². The number of hydrogen-bond donors (Lipinski definition) is 0. The minimum atomic E-state index is 0.926. The number of furan rings is 1. The number of nitrogens with zero attached hydrogens (tertiary/aromatic N) is 1. The van der Waals surface area contributed by atoms with E-state index in [1.54, 1.807) is 0 Å². The van der Waals surface area contributed by atoms with E-state index < -0.39 is 0 Å². The zero-order valence-electron chi connectivity index (χ0n) is 24.5. The Bertz CT molecular complexity index is 3040. The summed E-state index contributed by atoms with van der Waals surface area (Å²) < 4.78 is 14.1. The minimum absolute atomic E-state index is 0.926. The van der Waals surface area contributed by atoms with Gasteiger partial charge in [0.1, 0.15) is 11.2 Å². The first-order chi connectivity index (χ1) is 22.8. The Morgan fingerprint density at radius 1 is 0.413 bits per heavy atom. The molecule has 0 aliphatic rings. The van der Waals surface area contributed by atoms with Crippen LogP contribution in [0.2, 0.25) is 0 Å². The molecular weight excluding hydrogens is 599 g/mol. The molecule has 0 bridgehead atoms. The maximum absolute atomic E-state index is 6.31. The smallest absolute Gasteiger partial charge is 0.136 e. The van der Waals surface area contributed by atoms with E-state index in [0.29, 0.717) is 0 Å². The van der Waals surface area contributed by atoms with Crippen molar-refractivity contribution in [1.29, 1.82) is 0 Å². The fraction of sp³-hybridized carbons (Fsp3) is 0. The molecule has 0 unspecified atom stereocenters. The number of para-hydroxylation sites is 2. The fourth-order valence-corrected chi connectivity index (χ4v) is 10.0.